The number of amides is 1. The fourth-order valence-corrected chi connectivity index (χ4v) is 1.90. The van der Waals surface area contributed by atoms with Crippen LogP contribution in [0.25, 0.3) is 0 Å². The Kier molecular flexibility index (Phi) is 7.63. The molecule has 2 N–H and O–H groups in total. The van der Waals surface area contributed by atoms with Gasteiger partial charge in [0.05, 0.1) is 11.6 Å². The molecule has 0 atom stereocenters. The van der Waals surface area contributed by atoms with Crippen LogP contribution in [-0.2, 0) is 4.79 Å². The van der Waals surface area contributed by atoms with E-state index in [-0.39, 0.29) is 5.91 Å². The SMILES string of the molecule is O=C(CCCCCCOc1cc(Cl)ccc1Cl)NO. The molecule has 0 radical (unpaired) electrons. The smallest absolute Gasteiger partial charge is 0.243 e. The van der Waals surface area contributed by atoms with Crippen molar-refractivity contribution in [2.45, 2.75) is 32.1 Å². The van der Waals surface area contributed by atoms with E-state index in [1.165, 1.54) is 0 Å². The molecule has 0 aromatic heterocycles. The van der Waals surface area contributed by atoms with Gasteiger partial charge in [0.2, 0.25) is 5.91 Å². The Hall–Kier alpha value is -0.970. The van der Waals surface area contributed by atoms with Crippen LogP contribution in [0, 0.1) is 0 Å². The molecule has 6 heteroatoms. The van der Waals surface area contributed by atoms with Crippen LogP contribution in [-0.4, -0.2) is 17.7 Å². The molecule has 4 nitrogen and oxygen atoms in total. The molecule has 0 aliphatic heterocycles. The van der Waals surface area contributed by atoms with Gasteiger partial charge in [-0.1, -0.05) is 36.0 Å². The van der Waals surface area contributed by atoms with Crippen molar-refractivity contribution < 1.29 is 14.7 Å². The van der Waals surface area contributed by atoms with Crippen LogP contribution in [0.2, 0.25) is 10.0 Å². The largest absolute Gasteiger partial charge is 0.492 e. The summed E-state index contributed by atoms with van der Waals surface area (Å²) in [5, 5.41) is 9.44. The molecule has 0 bridgehead atoms. The Bertz CT molecular complexity index is 413. The van der Waals surface area contributed by atoms with Crippen LogP contribution >= 0.6 is 23.2 Å². The summed E-state index contributed by atoms with van der Waals surface area (Å²) in [4.78, 5) is 10.7. The van der Waals surface area contributed by atoms with Gasteiger partial charge in [-0.2, -0.15) is 0 Å². The van der Waals surface area contributed by atoms with Crippen molar-refractivity contribution in [3.8, 4) is 5.75 Å². The monoisotopic (exact) mass is 305 g/mol. The van der Waals surface area contributed by atoms with Crippen LogP contribution in [0.4, 0.5) is 0 Å². The van der Waals surface area contributed by atoms with E-state index in [9.17, 15) is 4.79 Å². The number of nitrogens with one attached hydrogen (secondary N) is 1. The number of benzene rings is 1. The van der Waals surface area contributed by atoms with E-state index in [4.69, 9.17) is 33.1 Å². The quantitative estimate of drug-likeness (QED) is 0.436. The van der Waals surface area contributed by atoms with Crippen molar-refractivity contribution in [3.63, 3.8) is 0 Å². The zero-order chi connectivity index (χ0) is 14.1. The fraction of sp³-hybridized carbons (Fsp3) is 0.462. The molecule has 0 aliphatic carbocycles. The minimum absolute atomic E-state index is 0.345. The van der Waals surface area contributed by atoms with Gasteiger partial charge in [-0.15, -0.1) is 0 Å². The Labute approximate surface area is 122 Å². The lowest BCUT2D eigenvalue weighted by molar-refractivity contribution is -0.129. The van der Waals surface area contributed by atoms with Gasteiger partial charge in [0.25, 0.3) is 0 Å². The highest BCUT2D eigenvalue weighted by molar-refractivity contribution is 6.34. The zero-order valence-electron chi connectivity index (χ0n) is 10.5. The Morgan fingerprint density at radius 3 is 2.68 bits per heavy atom. The third kappa shape index (κ3) is 6.66. The van der Waals surface area contributed by atoms with Crippen molar-refractivity contribution in [2.24, 2.45) is 0 Å². The van der Waals surface area contributed by atoms with E-state index in [0.29, 0.717) is 28.8 Å². The Morgan fingerprint density at radius 2 is 1.95 bits per heavy atom. The molecule has 0 heterocycles. The van der Waals surface area contributed by atoms with E-state index in [2.05, 4.69) is 0 Å². The first kappa shape index (κ1) is 16.1. The van der Waals surface area contributed by atoms with Gasteiger partial charge in [-0.3, -0.25) is 10.0 Å². The molecule has 0 saturated heterocycles. The molecule has 1 amide bonds. The number of unbranched alkanes of at least 4 members (excludes halogenated alkanes) is 3. The molecular weight excluding hydrogens is 289 g/mol. The average molecular weight is 306 g/mol. The van der Waals surface area contributed by atoms with Gasteiger partial charge >= 0.3 is 0 Å². The molecule has 0 saturated carbocycles. The van der Waals surface area contributed by atoms with Crippen LogP contribution in [0.15, 0.2) is 18.2 Å². The summed E-state index contributed by atoms with van der Waals surface area (Å²) in [6.45, 7) is 0.562. The number of carbonyl (C=O) groups is 1. The van der Waals surface area contributed by atoms with Gasteiger partial charge in [-0.25, -0.2) is 5.48 Å². The van der Waals surface area contributed by atoms with Gasteiger partial charge in [-0.05, 0) is 25.0 Å². The van der Waals surface area contributed by atoms with Gasteiger partial charge in [0.15, 0.2) is 0 Å². The number of halogens is 2. The average Bonchev–Trinajstić information content (AvgIpc) is 2.41. The summed E-state index contributed by atoms with van der Waals surface area (Å²) < 4.78 is 5.53. The number of carbonyl (C=O) groups excluding carboxylic acids is 1. The maximum absolute atomic E-state index is 10.7. The highest BCUT2D eigenvalue weighted by atomic mass is 35.5. The molecule has 106 valence electrons. The molecule has 0 aliphatic rings. The first-order valence-corrected chi connectivity index (χ1v) is 6.90. The molecule has 19 heavy (non-hydrogen) atoms. The summed E-state index contributed by atoms with van der Waals surface area (Å²) in [5.41, 5.74) is 1.61. The number of ether oxygens (including phenoxy) is 1. The first-order chi connectivity index (χ1) is 9.13. The van der Waals surface area contributed by atoms with Crippen LogP contribution in [0.1, 0.15) is 32.1 Å². The summed E-state index contributed by atoms with van der Waals surface area (Å²) in [6, 6.07) is 5.10. The third-order valence-corrected chi connectivity index (χ3v) is 3.12. The second-order valence-electron chi connectivity index (χ2n) is 4.12. The van der Waals surface area contributed by atoms with Crippen molar-refractivity contribution in [3.05, 3.63) is 28.2 Å². The molecular formula is C13H17Cl2NO3. The van der Waals surface area contributed by atoms with Crippen molar-refractivity contribution in [1.82, 2.24) is 5.48 Å². The minimum atomic E-state index is -0.345. The van der Waals surface area contributed by atoms with E-state index in [0.717, 1.165) is 25.7 Å². The normalized spacial score (nSPS) is 10.3. The van der Waals surface area contributed by atoms with Crippen LogP contribution in [0.5, 0.6) is 5.75 Å². The molecule has 1 rings (SSSR count). The van der Waals surface area contributed by atoms with Crippen molar-refractivity contribution in [2.75, 3.05) is 6.61 Å². The van der Waals surface area contributed by atoms with Crippen molar-refractivity contribution in [1.29, 1.82) is 0 Å². The molecule has 1 aromatic carbocycles. The molecule has 1 aromatic rings. The van der Waals surface area contributed by atoms with Crippen LogP contribution < -0.4 is 10.2 Å². The molecule has 0 fully saturated rings. The maximum atomic E-state index is 10.7. The molecule has 0 unspecified atom stereocenters. The second-order valence-corrected chi connectivity index (χ2v) is 4.97. The third-order valence-electron chi connectivity index (χ3n) is 2.57. The Morgan fingerprint density at radius 1 is 1.21 bits per heavy atom. The van der Waals surface area contributed by atoms with E-state index in [1.54, 1.807) is 23.7 Å². The molecule has 0 spiro atoms. The summed E-state index contributed by atoms with van der Waals surface area (Å²) in [6.07, 6.45) is 3.85. The fourth-order valence-electron chi connectivity index (χ4n) is 1.57. The predicted octanol–water partition coefficient (Wildman–Crippen LogP) is 3.83. The summed E-state index contributed by atoms with van der Waals surface area (Å²) in [7, 11) is 0. The van der Waals surface area contributed by atoms with E-state index in [1.807, 2.05) is 0 Å². The summed E-state index contributed by atoms with van der Waals surface area (Å²) >= 11 is 11.8. The highest BCUT2D eigenvalue weighted by Gasteiger charge is 2.02. The van der Waals surface area contributed by atoms with Gasteiger partial charge in [0, 0.05) is 17.5 Å². The van der Waals surface area contributed by atoms with E-state index < -0.39 is 0 Å². The van der Waals surface area contributed by atoms with Crippen molar-refractivity contribution >= 4 is 29.1 Å². The predicted molar refractivity (Wildman–Crippen MR) is 75.0 cm³/mol. The van der Waals surface area contributed by atoms with Crippen LogP contribution in [0.3, 0.4) is 0 Å². The van der Waals surface area contributed by atoms with E-state index >= 15 is 0 Å². The topological polar surface area (TPSA) is 58.6 Å². The Balaban J connectivity index is 2.11. The second kappa shape index (κ2) is 9.02. The highest BCUT2D eigenvalue weighted by Crippen LogP contribution is 2.27. The number of hydrogen-bond donors (Lipinski definition) is 2. The zero-order valence-corrected chi connectivity index (χ0v) is 12.0. The number of hydrogen-bond acceptors (Lipinski definition) is 3. The number of rotatable bonds is 8. The number of hydroxylamine groups is 1. The van der Waals surface area contributed by atoms with Gasteiger partial charge < -0.3 is 4.74 Å². The lowest BCUT2D eigenvalue weighted by Crippen LogP contribution is -2.17. The minimum Gasteiger partial charge on any atom is -0.492 e. The summed E-state index contributed by atoms with van der Waals surface area (Å²) in [5.74, 6) is 0.246. The first-order valence-electron chi connectivity index (χ1n) is 6.14. The lowest BCUT2D eigenvalue weighted by Gasteiger charge is -2.08. The maximum Gasteiger partial charge on any atom is 0.243 e. The van der Waals surface area contributed by atoms with Gasteiger partial charge in [0.1, 0.15) is 5.75 Å². The standard InChI is InChI=1S/C13H17Cl2NO3/c14-10-6-7-11(15)12(9-10)19-8-4-2-1-3-5-13(17)16-18/h6-7,9,18H,1-5,8H2,(H,16,17). The lowest BCUT2D eigenvalue weighted by atomic mass is 10.1.